The van der Waals surface area contributed by atoms with Crippen LogP contribution in [0.25, 0.3) is 82.6 Å². The van der Waals surface area contributed by atoms with Gasteiger partial charge < -0.3 is 9.32 Å². The van der Waals surface area contributed by atoms with Crippen molar-refractivity contribution in [2.75, 3.05) is 4.90 Å². The monoisotopic (exact) mass is 678 g/mol. The van der Waals surface area contributed by atoms with Crippen LogP contribution >= 0.6 is 0 Å². The van der Waals surface area contributed by atoms with E-state index in [1.807, 2.05) is 12.1 Å². The van der Waals surface area contributed by atoms with Gasteiger partial charge in [0, 0.05) is 49.6 Å². The van der Waals surface area contributed by atoms with Gasteiger partial charge in [-0.05, 0) is 83.6 Å². The highest BCUT2D eigenvalue weighted by atomic mass is 16.3. The fourth-order valence-corrected chi connectivity index (χ4v) is 8.00. The van der Waals surface area contributed by atoms with Crippen LogP contribution < -0.4 is 4.90 Å². The summed E-state index contributed by atoms with van der Waals surface area (Å²) in [6.07, 6.45) is 0. The van der Waals surface area contributed by atoms with E-state index in [1.54, 1.807) is 0 Å². The Morgan fingerprint density at radius 2 is 1.09 bits per heavy atom. The van der Waals surface area contributed by atoms with Gasteiger partial charge in [-0.2, -0.15) is 0 Å². The molecule has 53 heavy (non-hydrogen) atoms. The summed E-state index contributed by atoms with van der Waals surface area (Å²) in [7, 11) is 0. The van der Waals surface area contributed by atoms with Crippen LogP contribution in [-0.4, -0.2) is 14.5 Å². The average Bonchev–Trinajstić information content (AvgIpc) is 3.75. The molecule has 11 rings (SSSR count). The van der Waals surface area contributed by atoms with Crippen LogP contribution in [0.3, 0.4) is 0 Å². The number of benzene rings is 8. The fourth-order valence-electron chi connectivity index (χ4n) is 8.00. The number of aromatic nitrogens is 3. The van der Waals surface area contributed by atoms with Crippen LogP contribution in [0, 0.1) is 0 Å². The molecule has 0 spiro atoms. The van der Waals surface area contributed by atoms with E-state index >= 15 is 0 Å². The summed E-state index contributed by atoms with van der Waals surface area (Å²) >= 11 is 0. The Balaban J connectivity index is 1.16. The largest absolute Gasteiger partial charge is 0.456 e. The Morgan fingerprint density at radius 1 is 0.434 bits per heavy atom. The van der Waals surface area contributed by atoms with E-state index in [1.165, 1.54) is 5.39 Å². The highest BCUT2D eigenvalue weighted by Gasteiger charge is 2.21. The fraction of sp³-hybridized carbons (Fsp3) is 0. The summed E-state index contributed by atoms with van der Waals surface area (Å²) in [6.45, 7) is 0. The first-order valence-electron chi connectivity index (χ1n) is 17.8. The minimum Gasteiger partial charge on any atom is -0.456 e. The number of furan rings is 1. The van der Waals surface area contributed by atoms with E-state index in [2.05, 4.69) is 179 Å². The third-order valence-electron chi connectivity index (χ3n) is 10.4. The minimum atomic E-state index is 0.621. The van der Waals surface area contributed by atoms with Crippen molar-refractivity contribution in [1.82, 2.24) is 14.5 Å². The van der Waals surface area contributed by atoms with Gasteiger partial charge in [-0.25, -0.2) is 9.97 Å². The standard InChI is InChI=1S/C48H30N4O/c1-3-16-33(17-4-1)51(34-18-5-2-6-19-34)35-26-27-43-39(30-35)36-20-10-12-24-42(36)52(43)48-49-41-23-11-9-21-37(41)47(50-48)38-22-13-25-44-46(38)40-28-31-14-7-8-15-32(31)29-45(40)53-44/h1-30H. The summed E-state index contributed by atoms with van der Waals surface area (Å²) in [5.74, 6) is 0.621. The Hall–Kier alpha value is -7.24. The zero-order chi connectivity index (χ0) is 34.9. The first-order valence-corrected chi connectivity index (χ1v) is 17.8. The molecule has 0 N–H and O–H groups in total. The molecule has 0 amide bonds. The second kappa shape index (κ2) is 11.7. The predicted molar refractivity (Wildman–Crippen MR) is 219 cm³/mol. The molecule has 5 nitrogen and oxygen atoms in total. The molecule has 8 aromatic carbocycles. The molecule has 0 saturated carbocycles. The number of hydrogen-bond acceptors (Lipinski definition) is 4. The van der Waals surface area contributed by atoms with E-state index in [4.69, 9.17) is 14.4 Å². The first-order chi connectivity index (χ1) is 26.3. The van der Waals surface area contributed by atoms with Gasteiger partial charge in [-0.1, -0.05) is 109 Å². The van der Waals surface area contributed by atoms with Crippen molar-refractivity contribution in [1.29, 1.82) is 0 Å². The Morgan fingerprint density at radius 3 is 1.89 bits per heavy atom. The molecule has 0 bridgehead atoms. The first kappa shape index (κ1) is 29.5. The van der Waals surface area contributed by atoms with Gasteiger partial charge in [0.1, 0.15) is 11.2 Å². The number of hydrogen-bond donors (Lipinski definition) is 0. The smallest absolute Gasteiger partial charge is 0.235 e. The summed E-state index contributed by atoms with van der Waals surface area (Å²) in [5.41, 5.74) is 9.81. The topological polar surface area (TPSA) is 47.1 Å². The second-order valence-corrected chi connectivity index (χ2v) is 13.4. The third kappa shape index (κ3) is 4.64. The maximum absolute atomic E-state index is 6.49. The molecule has 3 heterocycles. The Kier molecular flexibility index (Phi) is 6.48. The van der Waals surface area contributed by atoms with Crippen LogP contribution in [-0.2, 0) is 0 Å². The van der Waals surface area contributed by atoms with Crippen molar-refractivity contribution in [2.24, 2.45) is 0 Å². The molecular formula is C48H30N4O. The maximum atomic E-state index is 6.49. The highest BCUT2D eigenvalue weighted by Crippen LogP contribution is 2.42. The minimum absolute atomic E-state index is 0.621. The van der Waals surface area contributed by atoms with Crippen molar-refractivity contribution in [3.8, 4) is 17.2 Å². The molecule has 248 valence electrons. The second-order valence-electron chi connectivity index (χ2n) is 13.4. The number of rotatable bonds is 5. The molecule has 0 aliphatic heterocycles. The molecule has 0 fully saturated rings. The molecule has 5 heteroatoms. The van der Waals surface area contributed by atoms with Gasteiger partial charge >= 0.3 is 0 Å². The quantitative estimate of drug-likeness (QED) is 0.182. The van der Waals surface area contributed by atoms with Crippen molar-refractivity contribution in [3.05, 3.63) is 182 Å². The SMILES string of the molecule is c1ccc(N(c2ccccc2)c2ccc3c(c2)c2ccccc2n3-c2nc(-c3cccc4oc5cc6ccccc6cc5c34)c3ccccc3n2)cc1. The molecular weight excluding hydrogens is 649 g/mol. The lowest BCUT2D eigenvalue weighted by Crippen LogP contribution is -2.09. The molecule has 3 aromatic heterocycles. The number of fused-ring (bicyclic) bond motifs is 8. The molecule has 0 atom stereocenters. The zero-order valence-electron chi connectivity index (χ0n) is 28.5. The van der Waals surface area contributed by atoms with E-state index in [0.717, 1.165) is 88.4 Å². The van der Waals surface area contributed by atoms with Crippen molar-refractivity contribution < 1.29 is 4.42 Å². The van der Waals surface area contributed by atoms with Crippen LogP contribution in [0.2, 0.25) is 0 Å². The lowest BCUT2D eigenvalue weighted by atomic mass is 9.99. The maximum Gasteiger partial charge on any atom is 0.235 e. The molecule has 0 saturated heterocycles. The van der Waals surface area contributed by atoms with E-state index in [0.29, 0.717) is 5.95 Å². The van der Waals surface area contributed by atoms with Crippen LogP contribution in [0.5, 0.6) is 0 Å². The van der Waals surface area contributed by atoms with E-state index < -0.39 is 0 Å². The van der Waals surface area contributed by atoms with Crippen molar-refractivity contribution >= 4 is 82.5 Å². The van der Waals surface area contributed by atoms with Gasteiger partial charge in [0.2, 0.25) is 5.95 Å². The van der Waals surface area contributed by atoms with E-state index in [9.17, 15) is 0 Å². The molecule has 11 aromatic rings. The molecule has 0 aliphatic rings. The molecule has 0 radical (unpaired) electrons. The van der Waals surface area contributed by atoms with Gasteiger partial charge in [0.05, 0.1) is 22.2 Å². The summed E-state index contributed by atoms with van der Waals surface area (Å²) in [5, 5.41) is 7.71. The normalized spacial score (nSPS) is 11.8. The zero-order valence-corrected chi connectivity index (χ0v) is 28.5. The Labute approximate surface area is 304 Å². The van der Waals surface area contributed by atoms with Gasteiger partial charge in [0.25, 0.3) is 0 Å². The van der Waals surface area contributed by atoms with Crippen LogP contribution in [0.1, 0.15) is 0 Å². The lowest BCUT2D eigenvalue weighted by molar-refractivity contribution is 0.669. The van der Waals surface area contributed by atoms with Gasteiger partial charge in [-0.3, -0.25) is 4.57 Å². The van der Waals surface area contributed by atoms with Crippen LogP contribution in [0.15, 0.2) is 186 Å². The number of nitrogens with zero attached hydrogens (tertiary/aromatic N) is 4. The number of para-hydroxylation sites is 4. The van der Waals surface area contributed by atoms with Crippen molar-refractivity contribution in [3.63, 3.8) is 0 Å². The Bertz CT molecular complexity index is 3140. The molecule has 0 aliphatic carbocycles. The lowest BCUT2D eigenvalue weighted by Gasteiger charge is -2.25. The summed E-state index contributed by atoms with van der Waals surface area (Å²) < 4.78 is 8.70. The van der Waals surface area contributed by atoms with Gasteiger partial charge in [0.15, 0.2) is 0 Å². The third-order valence-corrected chi connectivity index (χ3v) is 10.4. The average molecular weight is 679 g/mol. The van der Waals surface area contributed by atoms with Crippen LogP contribution in [0.4, 0.5) is 17.1 Å². The summed E-state index contributed by atoms with van der Waals surface area (Å²) in [4.78, 5) is 13.0. The molecule has 0 unspecified atom stereocenters. The predicted octanol–water partition coefficient (Wildman–Crippen LogP) is 12.9. The van der Waals surface area contributed by atoms with Crippen molar-refractivity contribution in [2.45, 2.75) is 0 Å². The van der Waals surface area contributed by atoms with Gasteiger partial charge in [-0.15, -0.1) is 0 Å². The highest BCUT2D eigenvalue weighted by molar-refractivity contribution is 6.17. The number of anilines is 3. The summed E-state index contributed by atoms with van der Waals surface area (Å²) in [6, 6.07) is 63.6. The van der Waals surface area contributed by atoms with E-state index in [-0.39, 0.29) is 0 Å².